The van der Waals surface area contributed by atoms with Crippen molar-refractivity contribution in [3.05, 3.63) is 49.1 Å². The van der Waals surface area contributed by atoms with Gasteiger partial charge in [0.15, 0.2) is 6.29 Å². The maximum atomic E-state index is 10.8. The predicted molar refractivity (Wildman–Crippen MR) is 71.0 cm³/mol. The number of nitro benzene ring substituents is 1. The SMILES string of the molecule is O=Cc1c(Br)nn(-c2cccc([N+](=O)[O-])c2)c1Br. The molecule has 18 heavy (non-hydrogen) atoms. The molecule has 0 fully saturated rings. The predicted octanol–water partition coefficient (Wildman–Crippen LogP) is 3.12. The Bertz CT molecular complexity index is 639. The van der Waals surface area contributed by atoms with Crippen molar-refractivity contribution in [3.63, 3.8) is 0 Å². The number of non-ortho nitro benzene ring substituents is 1. The van der Waals surface area contributed by atoms with Crippen LogP contribution in [0.1, 0.15) is 10.4 Å². The molecule has 0 N–H and O–H groups in total. The Morgan fingerprint density at radius 1 is 1.39 bits per heavy atom. The summed E-state index contributed by atoms with van der Waals surface area (Å²) in [6, 6.07) is 5.97. The molecule has 0 aliphatic rings. The molecule has 2 aromatic rings. The summed E-state index contributed by atoms with van der Waals surface area (Å²) < 4.78 is 2.21. The van der Waals surface area contributed by atoms with Gasteiger partial charge in [0.05, 0.1) is 16.2 Å². The van der Waals surface area contributed by atoms with Gasteiger partial charge in [0, 0.05) is 12.1 Å². The fraction of sp³-hybridized carbons (Fsp3) is 0. The number of hydrogen-bond donors (Lipinski definition) is 0. The monoisotopic (exact) mass is 373 g/mol. The summed E-state index contributed by atoms with van der Waals surface area (Å²) in [7, 11) is 0. The van der Waals surface area contributed by atoms with Crippen molar-refractivity contribution in [2.75, 3.05) is 0 Å². The minimum atomic E-state index is -0.489. The normalized spacial score (nSPS) is 10.3. The van der Waals surface area contributed by atoms with E-state index in [9.17, 15) is 14.9 Å². The van der Waals surface area contributed by atoms with Crippen LogP contribution in [0.5, 0.6) is 0 Å². The maximum absolute atomic E-state index is 10.8. The first-order chi connectivity index (χ1) is 8.54. The van der Waals surface area contributed by atoms with E-state index in [0.29, 0.717) is 26.7 Å². The van der Waals surface area contributed by atoms with Crippen LogP contribution >= 0.6 is 31.9 Å². The van der Waals surface area contributed by atoms with Crippen LogP contribution in [0.25, 0.3) is 5.69 Å². The summed E-state index contributed by atoms with van der Waals surface area (Å²) >= 11 is 6.38. The highest BCUT2D eigenvalue weighted by molar-refractivity contribution is 9.11. The molecule has 0 saturated heterocycles. The zero-order valence-corrected chi connectivity index (χ0v) is 11.9. The lowest BCUT2D eigenvalue weighted by molar-refractivity contribution is -0.384. The van der Waals surface area contributed by atoms with Crippen molar-refractivity contribution < 1.29 is 9.72 Å². The van der Waals surface area contributed by atoms with Crippen LogP contribution < -0.4 is 0 Å². The second-order valence-corrected chi connectivity index (χ2v) is 4.80. The number of hydrogen-bond acceptors (Lipinski definition) is 4. The third-order valence-corrected chi connectivity index (χ3v) is 3.57. The van der Waals surface area contributed by atoms with E-state index in [0.717, 1.165) is 0 Å². The molecular formula is C10H5Br2N3O3. The Morgan fingerprint density at radius 3 is 2.67 bits per heavy atom. The van der Waals surface area contributed by atoms with Gasteiger partial charge in [-0.1, -0.05) is 6.07 Å². The molecule has 0 aliphatic heterocycles. The summed E-state index contributed by atoms with van der Waals surface area (Å²) in [5.41, 5.74) is 0.796. The molecule has 1 aromatic carbocycles. The molecule has 0 saturated carbocycles. The molecule has 92 valence electrons. The Labute approximate surface area is 118 Å². The number of nitro groups is 1. The van der Waals surface area contributed by atoms with E-state index in [-0.39, 0.29) is 5.69 Å². The molecule has 1 aromatic heterocycles. The summed E-state index contributed by atoms with van der Waals surface area (Å²) in [6.45, 7) is 0. The molecule has 2 rings (SSSR count). The van der Waals surface area contributed by atoms with E-state index in [1.165, 1.54) is 16.8 Å². The van der Waals surface area contributed by atoms with E-state index in [1.807, 2.05) is 0 Å². The van der Waals surface area contributed by atoms with Crippen LogP contribution in [0.2, 0.25) is 0 Å². The minimum Gasteiger partial charge on any atom is -0.298 e. The van der Waals surface area contributed by atoms with E-state index >= 15 is 0 Å². The molecule has 0 bridgehead atoms. The van der Waals surface area contributed by atoms with Gasteiger partial charge in [-0.05, 0) is 37.9 Å². The molecule has 0 radical (unpaired) electrons. The molecule has 1 heterocycles. The second-order valence-electron chi connectivity index (χ2n) is 3.30. The smallest absolute Gasteiger partial charge is 0.271 e. The third kappa shape index (κ3) is 2.21. The van der Waals surface area contributed by atoms with Crippen LogP contribution in [-0.2, 0) is 0 Å². The second kappa shape index (κ2) is 4.99. The van der Waals surface area contributed by atoms with Crippen molar-refractivity contribution >= 4 is 43.8 Å². The van der Waals surface area contributed by atoms with E-state index in [2.05, 4.69) is 37.0 Å². The molecule has 8 heteroatoms. The zero-order valence-electron chi connectivity index (χ0n) is 8.71. The highest BCUT2D eigenvalue weighted by Crippen LogP contribution is 2.27. The zero-order chi connectivity index (χ0) is 13.3. The van der Waals surface area contributed by atoms with Gasteiger partial charge in [-0.3, -0.25) is 14.9 Å². The summed E-state index contributed by atoms with van der Waals surface area (Å²) in [5.74, 6) is 0. The van der Waals surface area contributed by atoms with Crippen LogP contribution in [0.4, 0.5) is 5.69 Å². The standard InChI is InChI=1S/C10H5Br2N3O3/c11-9-8(5-16)10(12)14(13-9)6-2-1-3-7(4-6)15(17)18/h1-5H. The van der Waals surface area contributed by atoms with Crippen molar-refractivity contribution in [2.24, 2.45) is 0 Å². The number of benzene rings is 1. The van der Waals surface area contributed by atoms with Crippen molar-refractivity contribution in [1.82, 2.24) is 9.78 Å². The van der Waals surface area contributed by atoms with Crippen LogP contribution in [0.15, 0.2) is 33.5 Å². The number of aromatic nitrogens is 2. The van der Waals surface area contributed by atoms with Gasteiger partial charge < -0.3 is 0 Å². The Hall–Kier alpha value is -1.54. The van der Waals surface area contributed by atoms with Gasteiger partial charge >= 0.3 is 0 Å². The van der Waals surface area contributed by atoms with Crippen LogP contribution in [-0.4, -0.2) is 21.0 Å². The number of carbonyl (C=O) groups is 1. The van der Waals surface area contributed by atoms with E-state index in [4.69, 9.17) is 0 Å². The van der Waals surface area contributed by atoms with Gasteiger partial charge in [0.1, 0.15) is 9.21 Å². The maximum Gasteiger partial charge on any atom is 0.271 e. The molecule has 0 spiro atoms. The largest absolute Gasteiger partial charge is 0.298 e. The lowest BCUT2D eigenvalue weighted by Crippen LogP contribution is -1.98. The molecule has 0 amide bonds. The Morgan fingerprint density at radius 2 is 2.11 bits per heavy atom. The first-order valence-corrected chi connectivity index (χ1v) is 6.27. The lowest BCUT2D eigenvalue weighted by Gasteiger charge is -2.02. The summed E-state index contributed by atoms with van der Waals surface area (Å²) in [6.07, 6.45) is 0.648. The van der Waals surface area contributed by atoms with Crippen LogP contribution in [0.3, 0.4) is 0 Å². The minimum absolute atomic E-state index is 0.0429. The summed E-state index contributed by atoms with van der Waals surface area (Å²) in [4.78, 5) is 21.1. The fourth-order valence-corrected chi connectivity index (χ4v) is 2.66. The first-order valence-electron chi connectivity index (χ1n) is 4.68. The topological polar surface area (TPSA) is 78.0 Å². The average Bonchev–Trinajstić information content (AvgIpc) is 2.64. The van der Waals surface area contributed by atoms with Gasteiger partial charge in [-0.2, -0.15) is 5.10 Å². The quantitative estimate of drug-likeness (QED) is 0.469. The van der Waals surface area contributed by atoms with Gasteiger partial charge in [-0.15, -0.1) is 0 Å². The van der Waals surface area contributed by atoms with Gasteiger partial charge in [0.25, 0.3) is 5.69 Å². The van der Waals surface area contributed by atoms with Crippen LogP contribution in [0, 0.1) is 10.1 Å². The summed E-state index contributed by atoms with van der Waals surface area (Å²) in [5, 5.41) is 14.8. The van der Waals surface area contributed by atoms with Crippen molar-refractivity contribution in [1.29, 1.82) is 0 Å². The Balaban J connectivity index is 2.59. The molecule has 0 atom stereocenters. The average molecular weight is 375 g/mol. The Kier molecular flexibility index (Phi) is 3.58. The third-order valence-electron chi connectivity index (χ3n) is 2.22. The first kappa shape index (κ1) is 12.9. The molecule has 0 aliphatic carbocycles. The molecular weight excluding hydrogens is 370 g/mol. The van der Waals surface area contributed by atoms with E-state index < -0.39 is 4.92 Å². The fourth-order valence-electron chi connectivity index (χ4n) is 1.39. The number of carbonyl (C=O) groups excluding carboxylic acids is 1. The number of rotatable bonds is 3. The van der Waals surface area contributed by atoms with Crippen molar-refractivity contribution in [3.8, 4) is 5.69 Å². The number of nitrogens with zero attached hydrogens (tertiary/aromatic N) is 3. The number of aldehydes is 1. The molecule has 0 unspecified atom stereocenters. The van der Waals surface area contributed by atoms with Gasteiger partial charge in [0.2, 0.25) is 0 Å². The van der Waals surface area contributed by atoms with E-state index in [1.54, 1.807) is 12.1 Å². The number of halogens is 2. The molecule has 6 nitrogen and oxygen atoms in total. The highest BCUT2D eigenvalue weighted by atomic mass is 79.9. The van der Waals surface area contributed by atoms with Crippen molar-refractivity contribution in [2.45, 2.75) is 0 Å². The highest BCUT2D eigenvalue weighted by Gasteiger charge is 2.16. The lowest BCUT2D eigenvalue weighted by atomic mass is 10.3. The van der Waals surface area contributed by atoms with Gasteiger partial charge in [-0.25, -0.2) is 4.68 Å².